The van der Waals surface area contributed by atoms with E-state index in [0.29, 0.717) is 6.54 Å². The van der Waals surface area contributed by atoms with Crippen LogP contribution in [0.2, 0.25) is 4.34 Å². The molecule has 0 spiro atoms. The van der Waals surface area contributed by atoms with Crippen LogP contribution in [0.3, 0.4) is 0 Å². The third kappa shape index (κ3) is 4.53. The van der Waals surface area contributed by atoms with Crippen LogP contribution < -0.4 is 0 Å². The van der Waals surface area contributed by atoms with Crippen LogP contribution in [0.25, 0.3) is 0 Å². The van der Waals surface area contributed by atoms with Crippen molar-refractivity contribution in [2.24, 2.45) is 0 Å². The maximum absolute atomic E-state index is 13.4. The summed E-state index contributed by atoms with van der Waals surface area (Å²) in [6.07, 6.45) is 2.51. The number of rotatable bonds is 6. The van der Waals surface area contributed by atoms with Crippen molar-refractivity contribution in [2.45, 2.75) is 32.0 Å². The highest BCUT2D eigenvalue weighted by molar-refractivity contribution is 7.16. The summed E-state index contributed by atoms with van der Waals surface area (Å²) < 4.78 is 19.9. The van der Waals surface area contributed by atoms with E-state index in [-0.39, 0.29) is 11.9 Å². The molecule has 1 atom stereocenters. The first kappa shape index (κ1) is 15.9. The molecule has 1 saturated heterocycles. The quantitative estimate of drug-likeness (QED) is 0.755. The van der Waals surface area contributed by atoms with Crippen LogP contribution in [0.1, 0.15) is 23.3 Å². The highest BCUT2D eigenvalue weighted by atomic mass is 35.5. The number of ether oxygens (including phenoxy) is 1. The Morgan fingerprint density at radius 2 is 2.18 bits per heavy atom. The van der Waals surface area contributed by atoms with E-state index in [1.807, 2.05) is 12.1 Å². The van der Waals surface area contributed by atoms with Gasteiger partial charge >= 0.3 is 0 Å². The summed E-state index contributed by atoms with van der Waals surface area (Å²) in [5.74, 6) is -0.186. The van der Waals surface area contributed by atoms with Gasteiger partial charge in [-0.05, 0) is 42.7 Å². The molecule has 2 aromatic rings. The van der Waals surface area contributed by atoms with Gasteiger partial charge in [-0.25, -0.2) is 4.39 Å². The summed E-state index contributed by atoms with van der Waals surface area (Å²) in [5.41, 5.74) is 0.987. The normalized spacial score (nSPS) is 18.2. The third-order valence-corrected chi connectivity index (χ3v) is 5.01. The second-order valence-electron chi connectivity index (χ2n) is 5.64. The van der Waals surface area contributed by atoms with Crippen molar-refractivity contribution in [2.75, 3.05) is 13.2 Å². The van der Waals surface area contributed by atoms with Gasteiger partial charge < -0.3 is 4.74 Å². The largest absolute Gasteiger partial charge is 0.377 e. The summed E-state index contributed by atoms with van der Waals surface area (Å²) in [7, 11) is 0. The van der Waals surface area contributed by atoms with Crippen LogP contribution in [0.4, 0.5) is 4.39 Å². The van der Waals surface area contributed by atoms with Crippen LogP contribution >= 0.6 is 22.9 Å². The zero-order valence-corrected chi connectivity index (χ0v) is 13.9. The molecule has 5 heteroatoms. The summed E-state index contributed by atoms with van der Waals surface area (Å²) in [6.45, 7) is 3.25. The predicted molar refractivity (Wildman–Crippen MR) is 88.8 cm³/mol. The number of hydrogen-bond acceptors (Lipinski definition) is 3. The van der Waals surface area contributed by atoms with Crippen LogP contribution in [0.5, 0.6) is 0 Å². The number of thiophene rings is 1. The lowest BCUT2D eigenvalue weighted by atomic mass is 10.1. The molecule has 0 radical (unpaired) electrons. The van der Waals surface area contributed by atoms with Gasteiger partial charge in [-0.1, -0.05) is 23.7 Å². The Bertz CT molecular complexity index is 612. The number of hydrogen-bond donors (Lipinski definition) is 0. The molecule has 3 rings (SSSR count). The SMILES string of the molecule is Fc1cccc(CN(Cc2ccc(Cl)s2)CC2CCCO2)c1. The molecule has 0 amide bonds. The average molecular weight is 340 g/mol. The summed E-state index contributed by atoms with van der Waals surface area (Å²) in [6, 6.07) is 10.8. The molecule has 1 aliphatic rings. The van der Waals surface area contributed by atoms with E-state index >= 15 is 0 Å². The minimum absolute atomic E-state index is 0.186. The van der Waals surface area contributed by atoms with Gasteiger partial charge in [0.15, 0.2) is 0 Å². The smallest absolute Gasteiger partial charge is 0.123 e. The molecule has 118 valence electrons. The Hall–Kier alpha value is -0.940. The number of nitrogens with zero attached hydrogens (tertiary/aromatic N) is 1. The van der Waals surface area contributed by atoms with E-state index in [1.165, 1.54) is 10.9 Å². The minimum Gasteiger partial charge on any atom is -0.377 e. The minimum atomic E-state index is -0.186. The Balaban J connectivity index is 1.69. The first-order chi connectivity index (χ1) is 10.7. The van der Waals surface area contributed by atoms with Crippen molar-refractivity contribution in [3.05, 3.63) is 57.0 Å². The highest BCUT2D eigenvalue weighted by Crippen LogP contribution is 2.24. The first-order valence-corrected chi connectivity index (χ1v) is 8.71. The van der Waals surface area contributed by atoms with Crippen molar-refractivity contribution in [3.8, 4) is 0 Å². The molecule has 2 nitrogen and oxygen atoms in total. The molecule has 0 aliphatic carbocycles. The zero-order chi connectivity index (χ0) is 15.4. The molecule has 0 saturated carbocycles. The molecule has 1 fully saturated rings. The Kier molecular flexibility index (Phi) is 5.47. The van der Waals surface area contributed by atoms with E-state index < -0.39 is 0 Å². The lowest BCUT2D eigenvalue weighted by molar-refractivity contribution is 0.0682. The van der Waals surface area contributed by atoms with Crippen LogP contribution in [0, 0.1) is 5.82 Å². The van der Waals surface area contributed by atoms with Gasteiger partial charge in [0.05, 0.1) is 10.4 Å². The molecule has 0 bridgehead atoms. The van der Waals surface area contributed by atoms with Gasteiger partial charge in [0.1, 0.15) is 5.82 Å². The molecule has 1 unspecified atom stereocenters. The standard InChI is InChI=1S/C17H19ClFNOS/c18-17-7-6-16(22-17)12-20(11-15-5-2-8-21-15)10-13-3-1-4-14(19)9-13/h1,3-4,6-7,9,15H,2,5,8,10-12H2. The van der Waals surface area contributed by atoms with E-state index in [2.05, 4.69) is 11.0 Å². The lowest BCUT2D eigenvalue weighted by Gasteiger charge is -2.24. The van der Waals surface area contributed by atoms with E-state index in [4.69, 9.17) is 16.3 Å². The first-order valence-electron chi connectivity index (χ1n) is 7.51. The van der Waals surface area contributed by atoms with Crippen LogP contribution in [-0.2, 0) is 17.8 Å². The molecule has 22 heavy (non-hydrogen) atoms. The molecule has 0 N–H and O–H groups in total. The van der Waals surface area contributed by atoms with Crippen molar-refractivity contribution in [1.82, 2.24) is 4.90 Å². The molecular weight excluding hydrogens is 321 g/mol. The maximum atomic E-state index is 13.4. The van der Waals surface area contributed by atoms with Gasteiger partial charge in [-0.3, -0.25) is 4.90 Å². The van der Waals surface area contributed by atoms with Gasteiger partial charge in [0, 0.05) is 31.1 Å². The van der Waals surface area contributed by atoms with Crippen molar-refractivity contribution < 1.29 is 9.13 Å². The topological polar surface area (TPSA) is 12.5 Å². The van der Waals surface area contributed by atoms with E-state index in [1.54, 1.807) is 23.5 Å². The predicted octanol–water partition coefficient (Wildman–Crippen LogP) is 4.72. The van der Waals surface area contributed by atoms with Crippen molar-refractivity contribution in [3.63, 3.8) is 0 Å². The third-order valence-electron chi connectivity index (χ3n) is 3.79. The molecule has 1 aromatic carbocycles. The highest BCUT2D eigenvalue weighted by Gasteiger charge is 2.20. The van der Waals surface area contributed by atoms with Crippen LogP contribution in [0.15, 0.2) is 36.4 Å². The monoisotopic (exact) mass is 339 g/mol. The fraction of sp³-hybridized carbons (Fsp3) is 0.412. The summed E-state index contributed by atoms with van der Waals surface area (Å²) in [5, 5.41) is 0. The Morgan fingerprint density at radius 3 is 2.86 bits per heavy atom. The van der Waals surface area contributed by atoms with Crippen molar-refractivity contribution >= 4 is 22.9 Å². The van der Waals surface area contributed by atoms with Gasteiger partial charge in [-0.15, -0.1) is 11.3 Å². The molecule has 1 aromatic heterocycles. The Labute approximate surface area is 139 Å². The fourth-order valence-corrected chi connectivity index (χ4v) is 3.94. The second-order valence-corrected chi connectivity index (χ2v) is 7.44. The van der Waals surface area contributed by atoms with Crippen LogP contribution in [-0.4, -0.2) is 24.2 Å². The number of halogens is 2. The zero-order valence-electron chi connectivity index (χ0n) is 12.3. The fourth-order valence-electron chi connectivity index (χ4n) is 2.81. The van der Waals surface area contributed by atoms with Gasteiger partial charge in [0.25, 0.3) is 0 Å². The Morgan fingerprint density at radius 1 is 1.27 bits per heavy atom. The molecular formula is C17H19ClFNOS. The van der Waals surface area contributed by atoms with Gasteiger partial charge in [-0.2, -0.15) is 0 Å². The maximum Gasteiger partial charge on any atom is 0.123 e. The van der Waals surface area contributed by atoms with Gasteiger partial charge in [0.2, 0.25) is 0 Å². The molecule has 1 aliphatic heterocycles. The summed E-state index contributed by atoms with van der Waals surface area (Å²) >= 11 is 7.62. The number of benzene rings is 1. The van der Waals surface area contributed by atoms with E-state index in [9.17, 15) is 4.39 Å². The molecule has 2 heterocycles. The second kappa shape index (κ2) is 7.55. The van der Waals surface area contributed by atoms with E-state index in [0.717, 1.165) is 42.4 Å². The summed E-state index contributed by atoms with van der Waals surface area (Å²) in [4.78, 5) is 3.53. The average Bonchev–Trinajstić information content (AvgIpc) is 3.11. The van der Waals surface area contributed by atoms with Crippen molar-refractivity contribution in [1.29, 1.82) is 0 Å². The lowest BCUT2D eigenvalue weighted by Crippen LogP contribution is -2.31.